The predicted octanol–water partition coefficient (Wildman–Crippen LogP) is 5.50. The summed E-state index contributed by atoms with van der Waals surface area (Å²) in [6, 6.07) is 18.3. The molecule has 1 heterocycles. The molecule has 0 fully saturated rings. The van der Waals surface area contributed by atoms with Crippen LogP contribution in [0.4, 0.5) is 0 Å². The van der Waals surface area contributed by atoms with Crippen molar-refractivity contribution in [2.24, 2.45) is 0 Å². The van der Waals surface area contributed by atoms with Crippen LogP contribution in [0.2, 0.25) is 0 Å². The molecule has 0 aliphatic heterocycles. The Morgan fingerprint density at radius 1 is 1.04 bits per heavy atom. The molecule has 116 valence electrons. The van der Waals surface area contributed by atoms with E-state index in [1.807, 2.05) is 36.4 Å². The number of rotatable bonds is 5. The Kier molecular flexibility index (Phi) is 4.68. The Labute approximate surface area is 140 Å². The quantitative estimate of drug-likeness (QED) is 0.351. The van der Waals surface area contributed by atoms with Crippen molar-refractivity contribution in [2.45, 2.75) is 18.9 Å². The van der Waals surface area contributed by atoms with Crippen LogP contribution in [0.15, 0.2) is 71.3 Å². The first-order chi connectivity index (χ1) is 11.2. The summed E-state index contributed by atoms with van der Waals surface area (Å²) in [7, 11) is 0. The van der Waals surface area contributed by atoms with Gasteiger partial charge >= 0.3 is 0 Å². The maximum Gasteiger partial charge on any atom is 0.153 e. The molecule has 0 bridgehead atoms. The molecule has 0 aliphatic rings. The number of nitrogens with zero attached hydrogens (tertiary/aromatic N) is 1. The molecule has 3 rings (SSSR count). The van der Waals surface area contributed by atoms with Gasteiger partial charge in [0.2, 0.25) is 0 Å². The summed E-state index contributed by atoms with van der Waals surface area (Å²) in [5.41, 5.74) is 4.21. The molecule has 0 aliphatic carbocycles. The molecule has 2 nitrogen and oxygen atoms in total. The summed E-state index contributed by atoms with van der Waals surface area (Å²) in [4.78, 5) is 11.7. The van der Waals surface area contributed by atoms with Gasteiger partial charge in [0.1, 0.15) is 0 Å². The lowest BCUT2D eigenvalue weighted by atomic mass is 10.2. The summed E-state index contributed by atoms with van der Waals surface area (Å²) < 4.78 is 2.18. The minimum atomic E-state index is 0.775. The van der Waals surface area contributed by atoms with Crippen molar-refractivity contribution in [2.75, 3.05) is 5.75 Å². The second-order valence-electron chi connectivity index (χ2n) is 5.62. The smallest absolute Gasteiger partial charge is 0.153 e. The predicted molar refractivity (Wildman–Crippen MR) is 98.8 cm³/mol. The molecule has 3 aromatic rings. The molecule has 23 heavy (non-hydrogen) atoms. The van der Waals surface area contributed by atoms with Crippen LogP contribution in [0.25, 0.3) is 16.6 Å². The van der Waals surface area contributed by atoms with Crippen LogP contribution in [0, 0.1) is 0 Å². The van der Waals surface area contributed by atoms with E-state index < -0.39 is 0 Å². The summed E-state index contributed by atoms with van der Waals surface area (Å²) in [5, 5.41) is 2.01. The molecule has 0 amide bonds. The van der Waals surface area contributed by atoms with Gasteiger partial charge in [-0.1, -0.05) is 48.0 Å². The Balaban J connectivity index is 2.22. The number of hydrogen-bond acceptors (Lipinski definition) is 2. The van der Waals surface area contributed by atoms with Crippen molar-refractivity contribution in [3.05, 3.63) is 71.8 Å². The Hall–Kier alpha value is -2.26. The monoisotopic (exact) mass is 321 g/mol. The average molecular weight is 321 g/mol. The van der Waals surface area contributed by atoms with E-state index in [1.165, 1.54) is 5.57 Å². The maximum absolute atomic E-state index is 11.7. The highest BCUT2D eigenvalue weighted by atomic mass is 32.2. The van der Waals surface area contributed by atoms with Crippen molar-refractivity contribution in [1.82, 2.24) is 4.57 Å². The topological polar surface area (TPSA) is 22.0 Å². The highest BCUT2D eigenvalue weighted by Gasteiger charge is 2.17. The van der Waals surface area contributed by atoms with Crippen LogP contribution < -0.4 is 0 Å². The van der Waals surface area contributed by atoms with E-state index >= 15 is 0 Å². The minimum absolute atomic E-state index is 0.775. The lowest BCUT2D eigenvalue weighted by molar-refractivity contribution is 0.112. The normalized spacial score (nSPS) is 10.7. The van der Waals surface area contributed by atoms with Gasteiger partial charge in [-0.2, -0.15) is 0 Å². The minimum Gasteiger partial charge on any atom is -0.304 e. The zero-order valence-electron chi connectivity index (χ0n) is 13.3. The van der Waals surface area contributed by atoms with Crippen molar-refractivity contribution in [1.29, 1.82) is 0 Å². The van der Waals surface area contributed by atoms with Gasteiger partial charge in [-0.25, -0.2) is 0 Å². The van der Waals surface area contributed by atoms with Gasteiger partial charge in [0.25, 0.3) is 0 Å². The van der Waals surface area contributed by atoms with E-state index in [0.717, 1.165) is 39.2 Å². The molecular weight excluding hydrogens is 302 g/mol. The number of fused-ring (bicyclic) bond motifs is 1. The van der Waals surface area contributed by atoms with Crippen LogP contribution in [-0.2, 0) is 0 Å². The van der Waals surface area contributed by atoms with E-state index in [0.29, 0.717) is 0 Å². The molecule has 0 radical (unpaired) electrons. The van der Waals surface area contributed by atoms with Gasteiger partial charge in [-0.15, -0.1) is 11.8 Å². The largest absolute Gasteiger partial charge is 0.304 e. The first-order valence-electron chi connectivity index (χ1n) is 7.62. The highest BCUT2D eigenvalue weighted by Crippen LogP contribution is 2.35. The summed E-state index contributed by atoms with van der Waals surface area (Å²) in [6.07, 6.45) is 3.17. The highest BCUT2D eigenvalue weighted by molar-refractivity contribution is 7.99. The zero-order chi connectivity index (χ0) is 16.2. The van der Waals surface area contributed by atoms with Crippen LogP contribution >= 0.6 is 11.8 Å². The lowest BCUT2D eigenvalue weighted by Crippen LogP contribution is -1.97. The second kappa shape index (κ2) is 6.88. The maximum atomic E-state index is 11.7. The SMILES string of the molecule is CC(C)=CCSc1c(C=O)c2ccccc2n1-c1ccccc1. The molecule has 0 saturated heterocycles. The van der Waals surface area contributed by atoms with E-state index in [9.17, 15) is 4.79 Å². The lowest BCUT2D eigenvalue weighted by Gasteiger charge is -2.10. The molecule has 0 spiro atoms. The number of para-hydroxylation sites is 2. The van der Waals surface area contributed by atoms with Gasteiger partial charge in [-0.05, 0) is 32.0 Å². The third-order valence-corrected chi connectivity index (χ3v) is 4.72. The first-order valence-corrected chi connectivity index (χ1v) is 8.61. The molecule has 1 aromatic heterocycles. The van der Waals surface area contributed by atoms with Gasteiger partial charge < -0.3 is 4.57 Å². The Bertz CT molecular complexity index is 858. The number of allylic oxidation sites excluding steroid dienone is 1. The van der Waals surface area contributed by atoms with Crippen molar-refractivity contribution < 1.29 is 4.79 Å². The molecular formula is C20H19NOS. The van der Waals surface area contributed by atoms with E-state index in [2.05, 4.69) is 42.7 Å². The van der Waals surface area contributed by atoms with Gasteiger partial charge in [-0.3, -0.25) is 4.79 Å². The summed E-state index contributed by atoms with van der Waals surface area (Å²) in [6.45, 7) is 4.18. The molecule has 0 atom stereocenters. The third-order valence-electron chi connectivity index (χ3n) is 3.71. The fourth-order valence-electron chi connectivity index (χ4n) is 2.62. The molecule has 2 aromatic carbocycles. The van der Waals surface area contributed by atoms with Gasteiger partial charge in [0.15, 0.2) is 6.29 Å². The first kappa shape index (κ1) is 15.6. The average Bonchev–Trinajstić information content (AvgIpc) is 2.88. The number of thioether (sulfide) groups is 1. The van der Waals surface area contributed by atoms with Crippen molar-refractivity contribution >= 4 is 29.0 Å². The van der Waals surface area contributed by atoms with Crippen LogP contribution in [0.3, 0.4) is 0 Å². The summed E-state index contributed by atoms with van der Waals surface area (Å²) in [5.74, 6) is 0.854. The molecule has 3 heteroatoms. The van der Waals surface area contributed by atoms with Gasteiger partial charge in [0.05, 0.1) is 16.1 Å². The summed E-state index contributed by atoms with van der Waals surface area (Å²) >= 11 is 1.70. The van der Waals surface area contributed by atoms with Crippen LogP contribution in [-0.4, -0.2) is 16.6 Å². The Morgan fingerprint density at radius 2 is 1.74 bits per heavy atom. The van der Waals surface area contributed by atoms with Gasteiger partial charge in [0, 0.05) is 16.8 Å². The van der Waals surface area contributed by atoms with Crippen molar-refractivity contribution in [3.8, 4) is 5.69 Å². The number of carbonyl (C=O) groups is 1. The van der Waals surface area contributed by atoms with Crippen LogP contribution in [0.5, 0.6) is 0 Å². The number of carbonyl (C=O) groups excluding carboxylic acids is 1. The number of aromatic nitrogens is 1. The molecule has 0 N–H and O–H groups in total. The van der Waals surface area contributed by atoms with Crippen molar-refractivity contribution in [3.63, 3.8) is 0 Å². The zero-order valence-corrected chi connectivity index (χ0v) is 14.1. The number of hydrogen-bond donors (Lipinski definition) is 0. The van der Waals surface area contributed by atoms with E-state index in [4.69, 9.17) is 0 Å². The van der Waals surface area contributed by atoms with E-state index in [1.54, 1.807) is 11.8 Å². The molecule has 0 unspecified atom stereocenters. The standard InChI is InChI=1S/C20H19NOS/c1-15(2)12-13-23-20-18(14-22)17-10-6-7-11-19(17)21(20)16-8-4-3-5-9-16/h3-12,14H,13H2,1-2H3. The fourth-order valence-corrected chi connectivity index (χ4v) is 3.84. The second-order valence-corrected chi connectivity index (χ2v) is 6.63. The molecule has 0 saturated carbocycles. The Morgan fingerprint density at radius 3 is 2.43 bits per heavy atom. The number of benzene rings is 2. The van der Waals surface area contributed by atoms with E-state index in [-0.39, 0.29) is 0 Å². The third kappa shape index (κ3) is 3.10. The fraction of sp³-hybridized carbons (Fsp3) is 0.150. The number of aldehydes is 1. The van der Waals surface area contributed by atoms with Crippen LogP contribution in [0.1, 0.15) is 24.2 Å².